The summed E-state index contributed by atoms with van der Waals surface area (Å²) >= 11 is 0. The van der Waals surface area contributed by atoms with E-state index in [0.29, 0.717) is 36.9 Å². The van der Waals surface area contributed by atoms with Crippen molar-refractivity contribution in [2.45, 2.75) is 77.4 Å². The highest BCUT2D eigenvalue weighted by molar-refractivity contribution is 5.89. The van der Waals surface area contributed by atoms with Gasteiger partial charge in [0.1, 0.15) is 17.5 Å². The van der Waals surface area contributed by atoms with Crippen LogP contribution in [0.4, 0.5) is 4.79 Å². The van der Waals surface area contributed by atoms with E-state index in [2.05, 4.69) is 5.32 Å². The monoisotopic (exact) mass is 502 g/mol. The fourth-order valence-corrected chi connectivity index (χ4v) is 5.41. The molecular weight excluding hydrogens is 460 g/mol. The number of piperazine rings is 1. The molecule has 1 saturated carbocycles. The van der Waals surface area contributed by atoms with E-state index < -0.39 is 18.0 Å². The average Bonchev–Trinajstić information content (AvgIpc) is 2.85. The van der Waals surface area contributed by atoms with E-state index in [0.717, 1.165) is 18.4 Å². The number of amides is 4. The summed E-state index contributed by atoms with van der Waals surface area (Å²) in [4.78, 5) is 42.5. The van der Waals surface area contributed by atoms with Gasteiger partial charge in [0.05, 0.1) is 20.3 Å². The second kappa shape index (κ2) is 12.8. The first kappa shape index (κ1) is 27.6. The van der Waals surface area contributed by atoms with Crippen LogP contribution < -0.4 is 20.5 Å². The van der Waals surface area contributed by atoms with Crippen LogP contribution in [0.25, 0.3) is 0 Å². The van der Waals surface area contributed by atoms with Crippen LogP contribution >= 0.6 is 0 Å². The van der Waals surface area contributed by atoms with Gasteiger partial charge in [-0.05, 0) is 48.8 Å². The molecule has 2 fully saturated rings. The Hall–Kier alpha value is -2.97. The lowest BCUT2D eigenvalue weighted by Gasteiger charge is -2.46. The molecule has 2 atom stereocenters. The normalized spacial score (nSPS) is 21.0. The number of methoxy groups -OCH3 is 2. The number of benzene rings is 1. The number of nitrogens with one attached hydrogen (secondary N) is 1. The lowest BCUT2D eigenvalue weighted by molar-refractivity contribution is -0.145. The minimum absolute atomic E-state index is 0.00332. The Bertz CT molecular complexity index is 893. The van der Waals surface area contributed by atoms with Crippen molar-refractivity contribution in [2.75, 3.05) is 27.3 Å². The van der Waals surface area contributed by atoms with Gasteiger partial charge in [-0.2, -0.15) is 0 Å². The lowest BCUT2D eigenvalue weighted by Crippen LogP contribution is -2.65. The number of urea groups is 1. The minimum atomic E-state index is -0.665. The van der Waals surface area contributed by atoms with Gasteiger partial charge in [-0.3, -0.25) is 9.59 Å². The van der Waals surface area contributed by atoms with Crippen LogP contribution in [0.3, 0.4) is 0 Å². The summed E-state index contributed by atoms with van der Waals surface area (Å²) < 4.78 is 10.8. The second-order valence-electron chi connectivity index (χ2n) is 10.5. The van der Waals surface area contributed by atoms with Crippen LogP contribution in [0, 0.1) is 11.8 Å². The molecule has 1 aromatic carbocycles. The molecule has 1 saturated heterocycles. The van der Waals surface area contributed by atoms with E-state index in [1.54, 1.807) is 30.1 Å². The Morgan fingerprint density at radius 3 is 2.28 bits per heavy atom. The van der Waals surface area contributed by atoms with E-state index in [1.165, 1.54) is 19.3 Å². The maximum atomic E-state index is 13.8. The van der Waals surface area contributed by atoms with Gasteiger partial charge in [-0.15, -0.1) is 0 Å². The largest absolute Gasteiger partial charge is 0.497 e. The summed E-state index contributed by atoms with van der Waals surface area (Å²) in [6.07, 6.45) is 6.34. The fourth-order valence-electron chi connectivity index (χ4n) is 5.41. The molecule has 4 amide bonds. The number of nitrogens with two attached hydrogens (primary N) is 1. The molecule has 36 heavy (non-hydrogen) atoms. The van der Waals surface area contributed by atoms with Gasteiger partial charge in [0.15, 0.2) is 0 Å². The topological polar surface area (TPSA) is 114 Å². The van der Waals surface area contributed by atoms with Gasteiger partial charge in [0.25, 0.3) is 0 Å². The Balaban J connectivity index is 1.84. The average molecular weight is 503 g/mol. The van der Waals surface area contributed by atoms with Crippen molar-refractivity contribution in [3.05, 3.63) is 23.8 Å². The van der Waals surface area contributed by atoms with Crippen LogP contribution in [0.5, 0.6) is 11.5 Å². The Morgan fingerprint density at radius 2 is 1.72 bits per heavy atom. The number of hydrogen-bond donors (Lipinski definition) is 2. The molecule has 0 aromatic heterocycles. The Labute approximate surface area is 214 Å². The van der Waals surface area contributed by atoms with E-state index in [1.807, 2.05) is 26.0 Å². The zero-order valence-electron chi connectivity index (χ0n) is 22.1. The van der Waals surface area contributed by atoms with Crippen LogP contribution in [0.2, 0.25) is 0 Å². The Kier molecular flexibility index (Phi) is 9.84. The van der Waals surface area contributed by atoms with Crippen LogP contribution in [-0.2, 0) is 16.1 Å². The van der Waals surface area contributed by atoms with Crippen molar-refractivity contribution in [1.82, 2.24) is 15.1 Å². The van der Waals surface area contributed by atoms with Crippen molar-refractivity contribution >= 4 is 17.8 Å². The standard InChI is InChI=1S/C27H42N4O5/c1-18(2)10-24-26(33)30(16-20-11-22(35-3)14-23(12-20)36-4)17-21(13-25(28)32)31(24)27(34)29-15-19-8-6-5-7-9-19/h11-12,14,18-19,21,24H,5-10,13,15-17H2,1-4H3,(H2,28,32)(H,29,34). The highest BCUT2D eigenvalue weighted by Crippen LogP contribution is 2.29. The van der Waals surface area contributed by atoms with Crippen LogP contribution in [0.1, 0.15) is 64.4 Å². The molecule has 1 aliphatic carbocycles. The molecule has 1 aliphatic heterocycles. The van der Waals surface area contributed by atoms with E-state index in [-0.39, 0.29) is 30.8 Å². The highest BCUT2D eigenvalue weighted by Gasteiger charge is 2.44. The summed E-state index contributed by atoms with van der Waals surface area (Å²) in [6.45, 7) is 5.19. The van der Waals surface area contributed by atoms with Gasteiger partial charge in [0.2, 0.25) is 11.8 Å². The summed E-state index contributed by atoms with van der Waals surface area (Å²) in [5.74, 6) is 1.28. The van der Waals surface area contributed by atoms with Gasteiger partial charge in [-0.25, -0.2) is 4.79 Å². The zero-order valence-corrected chi connectivity index (χ0v) is 22.1. The third kappa shape index (κ3) is 7.27. The van der Waals surface area contributed by atoms with E-state index in [9.17, 15) is 14.4 Å². The molecule has 3 rings (SSSR count). The lowest BCUT2D eigenvalue weighted by atomic mass is 9.89. The predicted molar refractivity (Wildman–Crippen MR) is 138 cm³/mol. The molecule has 2 aliphatic rings. The summed E-state index contributed by atoms with van der Waals surface area (Å²) in [5, 5.41) is 3.07. The van der Waals surface area contributed by atoms with Crippen molar-refractivity contribution in [2.24, 2.45) is 17.6 Å². The molecule has 1 aromatic rings. The number of ether oxygens (including phenoxy) is 2. The second-order valence-corrected chi connectivity index (χ2v) is 10.5. The van der Waals surface area contributed by atoms with Crippen LogP contribution in [0.15, 0.2) is 18.2 Å². The third-order valence-corrected chi connectivity index (χ3v) is 7.17. The molecule has 0 radical (unpaired) electrons. The molecule has 2 unspecified atom stereocenters. The highest BCUT2D eigenvalue weighted by atomic mass is 16.5. The molecule has 1 heterocycles. The quantitative estimate of drug-likeness (QED) is 0.510. The maximum absolute atomic E-state index is 13.8. The van der Waals surface area contributed by atoms with Gasteiger partial charge < -0.3 is 30.3 Å². The smallest absolute Gasteiger partial charge is 0.318 e. The van der Waals surface area contributed by atoms with Gasteiger partial charge in [-0.1, -0.05) is 33.1 Å². The molecule has 200 valence electrons. The number of nitrogens with zero attached hydrogens (tertiary/aromatic N) is 2. The first-order chi connectivity index (χ1) is 17.2. The van der Waals surface area contributed by atoms with Crippen molar-refractivity contribution in [1.29, 1.82) is 0 Å². The summed E-state index contributed by atoms with van der Waals surface area (Å²) in [6, 6.07) is 4.05. The molecule has 0 spiro atoms. The van der Waals surface area contributed by atoms with Crippen molar-refractivity contribution in [3.8, 4) is 11.5 Å². The van der Waals surface area contributed by atoms with Gasteiger partial charge >= 0.3 is 6.03 Å². The van der Waals surface area contributed by atoms with E-state index in [4.69, 9.17) is 15.2 Å². The van der Waals surface area contributed by atoms with Crippen LogP contribution in [-0.4, -0.2) is 67.0 Å². The summed E-state index contributed by atoms with van der Waals surface area (Å²) in [5.41, 5.74) is 6.44. The number of primary amides is 1. The molecular formula is C27H42N4O5. The van der Waals surface area contributed by atoms with E-state index >= 15 is 0 Å². The molecule has 0 bridgehead atoms. The number of rotatable bonds is 10. The Morgan fingerprint density at radius 1 is 1.08 bits per heavy atom. The third-order valence-electron chi connectivity index (χ3n) is 7.17. The molecule has 9 heteroatoms. The molecule has 3 N–H and O–H groups in total. The van der Waals surface area contributed by atoms with Gasteiger partial charge in [0, 0.05) is 32.1 Å². The first-order valence-electron chi connectivity index (χ1n) is 13.1. The van der Waals surface area contributed by atoms with Crippen molar-refractivity contribution < 1.29 is 23.9 Å². The first-order valence-corrected chi connectivity index (χ1v) is 13.1. The SMILES string of the molecule is COc1cc(CN2CC(CC(N)=O)N(C(=O)NCC3CCCCC3)C(CC(C)C)C2=O)cc(OC)c1. The minimum Gasteiger partial charge on any atom is -0.497 e. The number of carbonyl (C=O) groups is 3. The number of hydrogen-bond acceptors (Lipinski definition) is 5. The molecule has 9 nitrogen and oxygen atoms in total. The maximum Gasteiger partial charge on any atom is 0.318 e. The fraction of sp³-hybridized carbons (Fsp3) is 0.667. The predicted octanol–water partition coefficient (Wildman–Crippen LogP) is 3.30. The van der Waals surface area contributed by atoms with Crippen molar-refractivity contribution in [3.63, 3.8) is 0 Å². The summed E-state index contributed by atoms with van der Waals surface area (Å²) in [7, 11) is 3.16. The number of carbonyl (C=O) groups excluding carboxylic acids is 3. The zero-order chi connectivity index (χ0) is 26.2.